The van der Waals surface area contributed by atoms with E-state index in [4.69, 9.17) is 6.42 Å². The van der Waals surface area contributed by atoms with Crippen LogP contribution < -0.4 is 5.32 Å². The topological polar surface area (TPSA) is 32.3 Å². The van der Waals surface area contributed by atoms with Crippen LogP contribution in [0.4, 0.5) is 0 Å². The third-order valence-corrected chi connectivity index (χ3v) is 3.81. The quantitative estimate of drug-likeness (QED) is 0.732. The Morgan fingerprint density at radius 3 is 2.50 bits per heavy atom. The molecule has 0 spiro atoms. The second kappa shape index (κ2) is 7.43. The van der Waals surface area contributed by atoms with Crippen molar-refractivity contribution in [3.05, 3.63) is 0 Å². The average Bonchev–Trinajstić information content (AvgIpc) is 2.39. The molecule has 1 aliphatic heterocycles. The lowest BCUT2D eigenvalue weighted by Gasteiger charge is -2.39. The molecule has 0 bridgehead atoms. The van der Waals surface area contributed by atoms with Gasteiger partial charge < -0.3 is 10.2 Å². The zero-order chi connectivity index (χ0) is 13.4. The lowest BCUT2D eigenvalue weighted by atomic mass is 9.74. The highest BCUT2D eigenvalue weighted by molar-refractivity contribution is 5.83. The summed E-state index contributed by atoms with van der Waals surface area (Å²) in [5.41, 5.74) is -0.161. The largest absolute Gasteiger partial charge is 0.331 e. The summed E-state index contributed by atoms with van der Waals surface area (Å²) in [6.07, 6.45) is 10.3. The summed E-state index contributed by atoms with van der Waals surface area (Å²) < 4.78 is 0. The predicted octanol–water partition coefficient (Wildman–Crippen LogP) is 2.03. The molecular weight excluding hydrogens is 224 g/mol. The van der Waals surface area contributed by atoms with E-state index < -0.39 is 0 Å². The van der Waals surface area contributed by atoms with Crippen molar-refractivity contribution >= 4 is 5.91 Å². The lowest BCUT2D eigenvalue weighted by Crippen LogP contribution is -2.49. The molecule has 1 heterocycles. The van der Waals surface area contributed by atoms with Gasteiger partial charge in [0.15, 0.2) is 0 Å². The molecule has 1 aliphatic rings. The first-order valence-electron chi connectivity index (χ1n) is 7.13. The number of terminal acetylenes is 1. The maximum Gasteiger partial charge on any atom is 0.229 e. The van der Waals surface area contributed by atoms with E-state index in [1.54, 1.807) is 0 Å². The molecule has 0 atom stereocenters. The number of carbonyl (C=O) groups is 1. The van der Waals surface area contributed by atoms with Crippen LogP contribution in [-0.2, 0) is 4.79 Å². The standard InChI is InChI=1S/C15H26N2O/c1-4-7-15(8-10-16-11-9-15)14(18)17(12-5-2)13-6-3/h2,16H,4,6-13H2,1,3H3. The minimum atomic E-state index is -0.161. The van der Waals surface area contributed by atoms with Crippen molar-refractivity contribution in [2.75, 3.05) is 26.2 Å². The number of nitrogens with zero attached hydrogens (tertiary/aromatic N) is 1. The van der Waals surface area contributed by atoms with Crippen LogP contribution in [0.3, 0.4) is 0 Å². The minimum Gasteiger partial charge on any atom is -0.331 e. The SMILES string of the molecule is C#CCN(CCC)C(=O)C1(CCC)CCNCC1. The van der Waals surface area contributed by atoms with Gasteiger partial charge in [0, 0.05) is 6.54 Å². The van der Waals surface area contributed by atoms with Crippen molar-refractivity contribution in [2.45, 2.75) is 46.0 Å². The van der Waals surface area contributed by atoms with E-state index in [1.807, 2.05) is 4.90 Å². The van der Waals surface area contributed by atoms with Crippen molar-refractivity contribution in [1.29, 1.82) is 0 Å². The molecule has 102 valence electrons. The molecule has 0 saturated carbocycles. The van der Waals surface area contributed by atoms with Gasteiger partial charge in [-0.3, -0.25) is 4.79 Å². The smallest absolute Gasteiger partial charge is 0.229 e. The number of nitrogens with one attached hydrogen (secondary N) is 1. The Bertz CT molecular complexity index is 295. The Hall–Kier alpha value is -1.01. The summed E-state index contributed by atoms with van der Waals surface area (Å²) in [5.74, 6) is 2.90. The summed E-state index contributed by atoms with van der Waals surface area (Å²) in [6.45, 7) is 7.37. The maximum atomic E-state index is 12.8. The van der Waals surface area contributed by atoms with Gasteiger partial charge in [-0.05, 0) is 38.8 Å². The van der Waals surface area contributed by atoms with Gasteiger partial charge in [-0.25, -0.2) is 0 Å². The average molecular weight is 250 g/mol. The van der Waals surface area contributed by atoms with Crippen molar-refractivity contribution in [1.82, 2.24) is 10.2 Å². The van der Waals surface area contributed by atoms with Gasteiger partial charge in [-0.15, -0.1) is 6.42 Å². The number of hydrogen-bond acceptors (Lipinski definition) is 2. The van der Waals surface area contributed by atoms with Crippen LogP contribution in [-0.4, -0.2) is 37.0 Å². The van der Waals surface area contributed by atoms with Gasteiger partial charge in [0.1, 0.15) is 0 Å². The van der Waals surface area contributed by atoms with E-state index in [1.165, 1.54) is 0 Å². The summed E-state index contributed by atoms with van der Waals surface area (Å²) in [6, 6.07) is 0. The summed E-state index contributed by atoms with van der Waals surface area (Å²) in [4.78, 5) is 14.7. The highest BCUT2D eigenvalue weighted by atomic mass is 16.2. The molecule has 3 nitrogen and oxygen atoms in total. The molecule has 0 unspecified atom stereocenters. The molecule has 0 aliphatic carbocycles. The van der Waals surface area contributed by atoms with Gasteiger partial charge in [-0.2, -0.15) is 0 Å². The van der Waals surface area contributed by atoms with E-state index in [2.05, 4.69) is 25.1 Å². The molecular formula is C15H26N2O. The lowest BCUT2D eigenvalue weighted by molar-refractivity contribution is -0.143. The van der Waals surface area contributed by atoms with Crippen molar-refractivity contribution in [3.63, 3.8) is 0 Å². The minimum absolute atomic E-state index is 0.161. The zero-order valence-corrected chi connectivity index (χ0v) is 11.8. The highest BCUT2D eigenvalue weighted by Gasteiger charge is 2.40. The second-order valence-corrected chi connectivity index (χ2v) is 5.21. The van der Waals surface area contributed by atoms with Crippen LogP contribution in [0.15, 0.2) is 0 Å². The molecule has 1 saturated heterocycles. The first-order valence-corrected chi connectivity index (χ1v) is 7.13. The Morgan fingerprint density at radius 1 is 1.33 bits per heavy atom. The van der Waals surface area contributed by atoms with Crippen LogP contribution in [0, 0.1) is 17.8 Å². The number of rotatable bonds is 6. The van der Waals surface area contributed by atoms with Gasteiger partial charge in [-0.1, -0.05) is 26.2 Å². The van der Waals surface area contributed by atoms with Crippen LogP contribution in [0.2, 0.25) is 0 Å². The first-order chi connectivity index (χ1) is 8.70. The Balaban J connectivity index is 2.82. The zero-order valence-electron chi connectivity index (χ0n) is 11.8. The molecule has 18 heavy (non-hydrogen) atoms. The number of carbonyl (C=O) groups excluding carboxylic acids is 1. The third-order valence-electron chi connectivity index (χ3n) is 3.81. The predicted molar refractivity (Wildman–Crippen MR) is 75.1 cm³/mol. The Morgan fingerprint density at radius 2 is 2.00 bits per heavy atom. The fraction of sp³-hybridized carbons (Fsp3) is 0.800. The van der Waals surface area contributed by atoms with E-state index in [0.29, 0.717) is 6.54 Å². The number of piperidine rings is 1. The fourth-order valence-corrected chi connectivity index (χ4v) is 2.92. The third kappa shape index (κ3) is 3.49. The second-order valence-electron chi connectivity index (χ2n) is 5.21. The molecule has 0 aromatic rings. The summed E-state index contributed by atoms with van der Waals surface area (Å²) in [5, 5.41) is 3.34. The molecule has 1 amide bonds. The van der Waals surface area contributed by atoms with E-state index >= 15 is 0 Å². The van der Waals surface area contributed by atoms with E-state index in [0.717, 1.165) is 51.7 Å². The summed E-state index contributed by atoms with van der Waals surface area (Å²) >= 11 is 0. The van der Waals surface area contributed by atoms with Crippen LogP contribution in [0.25, 0.3) is 0 Å². The van der Waals surface area contributed by atoms with Crippen molar-refractivity contribution < 1.29 is 4.79 Å². The van der Waals surface area contributed by atoms with Gasteiger partial charge >= 0.3 is 0 Å². The van der Waals surface area contributed by atoms with Crippen molar-refractivity contribution in [2.24, 2.45) is 5.41 Å². The highest BCUT2D eigenvalue weighted by Crippen LogP contribution is 2.36. The van der Waals surface area contributed by atoms with Crippen LogP contribution >= 0.6 is 0 Å². The molecule has 0 aromatic heterocycles. The molecule has 1 N–H and O–H groups in total. The van der Waals surface area contributed by atoms with Gasteiger partial charge in [0.2, 0.25) is 5.91 Å². The maximum absolute atomic E-state index is 12.8. The normalized spacial score (nSPS) is 18.1. The van der Waals surface area contributed by atoms with Gasteiger partial charge in [0.25, 0.3) is 0 Å². The Kier molecular flexibility index (Phi) is 6.21. The summed E-state index contributed by atoms with van der Waals surface area (Å²) in [7, 11) is 0. The molecule has 0 aromatic carbocycles. The van der Waals surface area contributed by atoms with Crippen molar-refractivity contribution in [3.8, 4) is 12.3 Å². The van der Waals surface area contributed by atoms with Gasteiger partial charge in [0.05, 0.1) is 12.0 Å². The molecule has 1 fully saturated rings. The number of hydrogen-bond donors (Lipinski definition) is 1. The first kappa shape index (κ1) is 15.0. The Labute approximate surface area is 111 Å². The molecule has 0 radical (unpaired) electrons. The monoisotopic (exact) mass is 250 g/mol. The van der Waals surface area contributed by atoms with E-state index in [-0.39, 0.29) is 11.3 Å². The van der Waals surface area contributed by atoms with Crippen LogP contribution in [0.5, 0.6) is 0 Å². The fourth-order valence-electron chi connectivity index (χ4n) is 2.92. The van der Waals surface area contributed by atoms with Crippen LogP contribution in [0.1, 0.15) is 46.0 Å². The molecule has 1 rings (SSSR count). The molecule has 3 heteroatoms. The van der Waals surface area contributed by atoms with E-state index in [9.17, 15) is 4.79 Å². The number of amides is 1.